The molecule has 0 saturated heterocycles. The highest BCUT2D eigenvalue weighted by atomic mass is 35.5. The number of para-hydroxylation sites is 1. The molecule has 25 heavy (non-hydrogen) atoms. The average Bonchev–Trinajstić information content (AvgIpc) is 2.96. The normalized spacial score (nSPS) is 15.5. The molecular weight excluding hydrogens is 338 g/mol. The van der Waals surface area contributed by atoms with Crippen LogP contribution in [0.5, 0.6) is 5.75 Å². The van der Waals surface area contributed by atoms with Crippen molar-refractivity contribution >= 4 is 35.6 Å². The highest BCUT2D eigenvalue weighted by molar-refractivity contribution is 6.30. The Hall–Kier alpha value is -2.85. The van der Waals surface area contributed by atoms with E-state index in [1.807, 2.05) is 43.3 Å². The van der Waals surface area contributed by atoms with E-state index < -0.39 is 5.97 Å². The first-order chi connectivity index (χ1) is 12.2. The number of benzene rings is 2. The largest absolute Gasteiger partial charge is 0.493 e. The highest BCUT2D eigenvalue weighted by Crippen LogP contribution is 2.24. The number of ether oxygens (including phenoxy) is 2. The van der Waals surface area contributed by atoms with Crippen LogP contribution in [0.3, 0.4) is 0 Å². The van der Waals surface area contributed by atoms with Crippen LogP contribution in [0.15, 0.2) is 65.3 Å². The lowest BCUT2D eigenvalue weighted by atomic mass is 10.1. The van der Waals surface area contributed by atoms with Crippen molar-refractivity contribution in [1.82, 2.24) is 0 Å². The van der Waals surface area contributed by atoms with E-state index in [0.717, 1.165) is 11.1 Å². The van der Waals surface area contributed by atoms with Gasteiger partial charge in [-0.2, -0.15) is 0 Å². The first-order valence-electron chi connectivity index (χ1n) is 7.84. The zero-order valence-corrected chi connectivity index (χ0v) is 14.4. The van der Waals surface area contributed by atoms with Crippen LogP contribution in [0.25, 0.3) is 12.2 Å². The predicted octanol–water partition coefficient (Wildman–Crippen LogP) is 4.75. The van der Waals surface area contributed by atoms with Gasteiger partial charge in [-0.1, -0.05) is 41.9 Å². The molecule has 1 aliphatic heterocycles. The van der Waals surface area contributed by atoms with Gasteiger partial charge >= 0.3 is 5.97 Å². The maximum absolute atomic E-state index is 12.0. The molecule has 5 heteroatoms. The summed E-state index contributed by atoms with van der Waals surface area (Å²) in [5, 5.41) is 0.667. The molecular formula is C20H16ClNO3. The number of esters is 1. The van der Waals surface area contributed by atoms with E-state index in [2.05, 4.69) is 4.99 Å². The van der Waals surface area contributed by atoms with E-state index in [1.165, 1.54) is 0 Å². The maximum Gasteiger partial charge on any atom is 0.363 e. The minimum Gasteiger partial charge on any atom is -0.493 e. The van der Waals surface area contributed by atoms with E-state index in [4.69, 9.17) is 21.1 Å². The topological polar surface area (TPSA) is 47.9 Å². The second-order valence-electron chi connectivity index (χ2n) is 5.22. The predicted molar refractivity (Wildman–Crippen MR) is 99.6 cm³/mol. The van der Waals surface area contributed by atoms with Gasteiger partial charge in [-0.05, 0) is 42.8 Å². The molecule has 4 nitrogen and oxygen atoms in total. The lowest BCUT2D eigenvalue weighted by Gasteiger charge is -2.06. The Balaban J connectivity index is 1.81. The zero-order valence-electron chi connectivity index (χ0n) is 13.6. The summed E-state index contributed by atoms with van der Waals surface area (Å²) in [6.07, 6.45) is 5.12. The van der Waals surface area contributed by atoms with E-state index in [-0.39, 0.29) is 11.6 Å². The average molecular weight is 354 g/mol. The summed E-state index contributed by atoms with van der Waals surface area (Å²) in [6.45, 7) is 2.45. The fourth-order valence-electron chi connectivity index (χ4n) is 2.27. The van der Waals surface area contributed by atoms with Crippen LogP contribution in [-0.2, 0) is 9.53 Å². The van der Waals surface area contributed by atoms with Crippen molar-refractivity contribution in [3.8, 4) is 5.75 Å². The molecule has 2 aromatic carbocycles. The number of carbonyl (C=O) groups is 1. The Bertz CT molecular complexity index is 867. The van der Waals surface area contributed by atoms with Crippen LogP contribution < -0.4 is 4.74 Å². The molecule has 0 fully saturated rings. The minimum atomic E-state index is -0.484. The number of cyclic esters (lactones) is 1. The monoisotopic (exact) mass is 353 g/mol. The third kappa shape index (κ3) is 4.37. The van der Waals surface area contributed by atoms with Crippen molar-refractivity contribution in [2.45, 2.75) is 6.92 Å². The SMILES string of the molecule is CCOc1ccccc1/C=C1N=C(/C=C/c2ccc(Cl)cc2)OC/1=O. The number of halogens is 1. The molecule has 3 rings (SSSR count). The fourth-order valence-corrected chi connectivity index (χ4v) is 2.40. The Morgan fingerprint density at radius 1 is 1.12 bits per heavy atom. The smallest absolute Gasteiger partial charge is 0.363 e. The van der Waals surface area contributed by atoms with Gasteiger partial charge in [0.05, 0.1) is 6.61 Å². The van der Waals surface area contributed by atoms with E-state index in [9.17, 15) is 4.79 Å². The lowest BCUT2D eigenvalue weighted by Crippen LogP contribution is -2.01. The molecule has 126 valence electrons. The summed E-state index contributed by atoms with van der Waals surface area (Å²) in [5.74, 6) is 0.466. The van der Waals surface area contributed by atoms with Crippen LogP contribution in [0.2, 0.25) is 5.02 Å². The van der Waals surface area contributed by atoms with Gasteiger partial charge < -0.3 is 9.47 Å². The van der Waals surface area contributed by atoms with Gasteiger partial charge in [0.25, 0.3) is 0 Å². The molecule has 1 heterocycles. The molecule has 1 aliphatic rings. The summed E-state index contributed by atoms with van der Waals surface area (Å²) in [5.41, 5.74) is 1.95. The lowest BCUT2D eigenvalue weighted by molar-refractivity contribution is -0.129. The number of carbonyl (C=O) groups excluding carboxylic acids is 1. The van der Waals surface area contributed by atoms with E-state index in [0.29, 0.717) is 17.4 Å². The van der Waals surface area contributed by atoms with E-state index in [1.54, 1.807) is 30.4 Å². The highest BCUT2D eigenvalue weighted by Gasteiger charge is 2.21. The number of hydrogen-bond acceptors (Lipinski definition) is 4. The zero-order chi connectivity index (χ0) is 17.6. The number of aliphatic imine (C=N–C) groups is 1. The van der Waals surface area contributed by atoms with Gasteiger partial charge in [0.15, 0.2) is 5.70 Å². The van der Waals surface area contributed by atoms with Gasteiger partial charge in [-0.25, -0.2) is 9.79 Å². The second-order valence-corrected chi connectivity index (χ2v) is 5.66. The molecule has 2 aromatic rings. The third-order valence-electron chi connectivity index (χ3n) is 3.44. The van der Waals surface area contributed by atoms with Crippen molar-refractivity contribution in [2.75, 3.05) is 6.61 Å². The number of hydrogen-bond donors (Lipinski definition) is 0. The van der Waals surface area contributed by atoms with Gasteiger partial charge in [0, 0.05) is 16.7 Å². The molecule has 0 bridgehead atoms. The van der Waals surface area contributed by atoms with Crippen molar-refractivity contribution in [3.63, 3.8) is 0 Å². The standard InChI is InChI=1S/C20H16ClNO3/c1-2-24-18-6-4-3-5-15(18)13-17-20(23)25-19(22-17)12-9-14-7-10-16(21)11-8-14/h3-13H,2H2,1H3/b12-9+,17-13+. The summed E-state index contributed by atoms with van der Waals surface area (Å²) in [6, 6.07) is 14.8. The Morgan fingerprint density at radius 2 is 1.88 bits per heavy atom. The number of nitrogens with zero attached hydrogens (tertiary/aromatic N) is 1. The van der Waals surface area contributed by atoms with Crippen molar-refractivity contribution in [2.24, 2.45) is 4.99 Å². The minimum absolute atomic E-state index is 0.239. The van der Waals surface area contributed by atoms with Gasteiger partial charge in [-0.3, -0.25) is 0 Å². The third-order valence-corrected chi connectivity index (χ3v) is 3.69. The second kappa shape index (κ2) is 7.81. The van der Waals surface area contributed by atoms with Crippen molar-refractivity contribution in [1.29, 1.82) is 0 Å². The van der Waals surface area contributed by atoms with Crippen LogP contribution in [0.1, 0.15) is 18.1 Å². The molecule has 0 aliphatic carbocycles. The molecule has 0 radical (unpaired) electrons. The first-order valence-corrected chi connectivity index (χ1v) is 8.21. The molecule has 0 saturated carbocycles. The van der Waals surface area contributed by atoms with Crippen LogP contribution in [-0.4, -0.2) is 18.5 Å². The molecule has 0 unspecified atom stereocenters. The summed E-state index contributed by atoms with van der Waals surface area (Å²) in [7, 11) is 0. The van der Waals surface area contributed by atoms with Gasteiger partial charge in [0.2, 0.25) is 5.90 Å². The fraction of sp³-hybridized carbons (Fsp3) is 0.100. The van der Waals surface area contributed by atoms with E-state index >= 15 is 0 Å². The van der Waals surface area contributed by atoms with Crippen LogP contribution in [0, 0.1) is 0 Å². The van der Waals surface area contributed by atoms with Crippen LogP contribution >= 0.6 is 11.6 Å². The summed E-state index contributed by atoms with van der Waals surface area (Å²) < 4.78 is 10.7. The molecule has 0 aromatic heterocycles. The molecule has 0 atom stereocenters. The van der Waals surface area contributed by atoms with Gasteiger partial charge in [0.1, 0.15) is 5.75 Å². The Morgan fingerprint density at radius 3 is 2.64 bits per heavy atom. The quantitative estimate of drug-likeness (QED) is 0.575. The summed E-state index contributed by atoms with van der Waals surface area (Å²) >= 11 is 5.85. The van der Waals surface area contributed by atoms with Gasteiger partial charge in [-0.15, -0.1) is 0 Å². The van der Waals surface area contributed by atoms with Crippen molar-refractivity contribution < 1.29 is 14.3 Å². The Labute approximate surface area is 151 Å². The molecule has 0 amide bonds. The summed E-state index contributed by atoms with van der Waals surface area (Å²) in [4.78, 5) is 16.3. The van der Waals surface area contributed by atoms with Crippen LogP contribution in [0.4, 0.5) is 0 Å². The maximum atomic E-state index is 12.0. The molecule has 0 spiro atoms. The van der Waals surface area contributed by atoms with Crippen molar-refractivity contribution in [3.05, 3.63) is 76.5 Å². The number of rotatable bonds is 5. The Kier molecular flexibility index (Phi) is 5.31. The molecule has 0 N–H and O–H groups in total. The first kappa shape index (κ1) is 17.0.